The third kappa shape index (κ3) is 3.01. The lowest BCUT2D eigenvalue weighted by molar-refractivity contribution is 0.628. The average molecular weight is 291 g/mol. The van der Waals surface area contributed by atoms with Crippen molar-refractivity contribution in [3.8, 4) is 0 Å². The molecule has 0 aliphatic heterocycles. The molecule has 0 spiro atoms. The van der Waals surface area contributed by atoms with Crippen LogP contribution in [0.4, 0.5) is 21.5 Å². The number of hydrogen-bond donors (Lipinski definition) is 0. The van der Waals surface area contributed by atoms with Gasteiger partial charge < -0.3 is 4.90 Å². The highest BCUT2D eigenvalue weighted by atomic mass is 19.1. The molecule has 3 aromatic carbocycles. The molecule has 0 heterocycles. The molecule has 0 aliphatic carbocycles. The van der Waals surface area contributed by atoms with Gasteiger partial charge in [0.05, 0.1) is 0 Å². The van der Waals surface area contributed by atoms with Gasteiger partial charge in [-0.2, -0.15) is 0 Å². The predicted octanol–water partition coefficient (Wildman–Crippen LogP) is 5.91. The Morgan fingerprint density at radius 2 is 1.14 bits per heavy atom. The first-order chi connectivity index (χ1) is 10.6. The Kier molecular flexibility index (Phi) is 3.92. The summed E-state index contributed by atoms with van der Waals surface area (Å²) in [6, 6.07) is 23.2. The largest absolute Gasteiger partial charge is 0.310 e. The normalized spacial score (nSPS) is 10.5. The fourth-order valence-corrected chi connectivity index (χ4v) is 2.45. The summed E-state index contributed by atoms with van der Waals surface area (Å²) < 4.78 is 13.7. The average Bonchev–Trinajstić information content (AvgIpc) is 2.51. The maximum atomic E-state index is 13.7. The van der Waals surface area contributed by atoms with Gasteiger partial charge in [0.15, 0.2) is 0 Å². The molecular weight excluding hydrogens is 273 g/mol. The number of anilines is 3. The molecule has 0 aromatic heterocycles. The van der Waals surface area contributed by atoms with E-state index < -0.39 is 0 Å². The van der Waals surface area contributed by atoms with E-state index >= 15 is 0 Å². The van der Waals surface area contributed by atoms with E-state index in [-0.39, 0.29) is 5.82 Å². The molecule has 3 rings (SSSR count). The van der Waals surface area contributed by atoms with Gasteiger partial charge in [0.25, 0.3) is 0 Å². The topological polar surface area (TPSA) is 3.24 Å². The SMILES string of the molecule is Cc1ccc(N(c2ccc(C)cc2)c2cccc(F)c2)cc1. The fourth-order valence-electron chi connectivity index (χ4n) is 2.45. The van der Waals surface area contributed by atoms with Crippen LogP contribution in [0.25, 0.3) is 0 Å². The zero-order chi connectivity index (χ0) is 15.5. The van der Waals surface area contributed by atoms with Crippen molar-refractivity contribution >= 4 is 17.1 Å². The summed E-state index contributed by atoms with van der Waals surface area (Å²) in [6.45, 7) is 4.12. The molecule has 0 radical (unpaired) electrons. The molecule has 0 bridgehead atoms. The van der Waals surface area contributed by atoms with Crippen LogP contribution in [0.2, 0.25) is 0 Å². The Labute approximate surface area is 130 Å². The van der Waals surface area contributed by atoms with Crippen molar-refractivity contribution in [1.29, 1.82) is 0 Å². The van der Waals surface area contributed by atoms with E-state index in [1.54, 1.807) is 12.1 Å². The molecule has 0 fully saturated rings. The number of halogens is 1. The first-order valence-electron chi connectivity index (χ1n) is 7.32. The van der Waals surface area contributed by atoms with Crippen molar-refractivity contribution in [2.75, 3.05) is 4.90 Å². The minimum atomic E-state index is -0.235. The van der Waals surface area contributed by atoms with Gasteiger partial charge in [0, 0.05) is 17.1 Å². The third-order valence-corrected chi connectivity index (χ3v) is 3.65. The number of nitrogens with zero attached hydrogens (tertiary/aromatic N) is 1. The third-order valence-electron chi connectivity index (χ3n) is 3.65. The smallest absolute Gasteiger partial charge is 0.125 e. The van der Waals surface area contributed by atoms with Crippen molar-refractivity contribution < 1.29 is 4.39 Å². The van der Waals surface area contributed by atoms with Crippen molar-refractivity contribution in [3.63, 3.8) is 0 Å². The zero-order valence-electron chi connectivity index (χ0n) is 12.8. The summed E-state index contributed by atoms with van der Waals surface area (Å²) in [7, 11) is 0. The van der Waals surface area contributed by atoms with Gasteiger partial charge in [0.1, 0.15) is 5.82 Å². The predicted molar refractivity (Wildman–Crippen MR) is 90.6 cm³/mol. The van der Waals surface area contributed by atoms with Gasteiger partial charge >= 0.3 is 0 Å². The summed E-state index contributed by atoms with van der Waals surface area (Å²) in [5.41, 5.74) is 5.24. The van der Waals surface area contributed by atoms with E-state index in [0.717, 1.165) is 17.1 Å². The van der Waals surface area contributed by atoms with E-state index in [0.29, 0.717) is 0 Å². The molecule has 0 saturated heterocycles. The highest BCUT2D eigenvalue weighted by Crippen LogP contribution is 2.34. The van der Waals surface area contributed by atoms with Crippen LogP contribution < -0.4 is 4.90 Å². The van der Waals surface area contributed by atoms with Crippen molar-refractivity contribution in [2.45, 2.75) is 13.8 Å². The van der Waals surface area contributed by atoms with Crippen LogP contribution in [0.15, 0.2) is 72.8 Å². The van der Waals surface area contributed by atoms with Crippen LogP contribution >= 0.6 is 0 Å². The van der Waals surface area contributed by atoms with Gasteiger partial charge in [-0.1, -0.05) is 41.5 Å². The van der Waals surface area contributed by atoms with E-state index in [2.05, 4.69) is 67.3 Å². The van der Waals surface area contributed by atoms with Crippen LogP contribution in [0.1, 0.15) is 11.1 Å². The summed E-state index contributed by atoms with van der Waals surface area (Å²) in [4.78, 5) is 2.06. The van der Waals surface area contributed by atoms with Crippen LogP contribution in [0, 0.1) is 19.7 Å². The molecule has 0 atom stereocenters. The number of rotatable bonds is 3. The van der Waals surface area contributed by atoms with Crippen LogP contribution in [0.3, 0.4) is 0 Å². The van der Waals surface area contributed by atoms with Crippen LogP contribution in [0.5, 0.6) is 0 Å². The molecule has 0 saturated carbocycles. The molecule has 0 unspecified atom stereocenters. The molecule has 110 valence electrons. The van der Waals surface area contributed by atoms with E-state index in [1.165, 1.54) is 17.2 Å². The molecule has 1 nitrogen and oxygen atoms in total. The lowest BCUT2D eigenvalue weighted by Crippen LogP contribution is -2.10. The Hall–Kier alpha value is -2.61. The Morgan fingerprint density at radius 3 is 1.59 bits per heavy atom. The van der Waals surface area contributed by atoms with Gasteiger partial charge in [0.2, 0.25) is 0 Å². The van der Waals surface area contributed by atoms with Crippen molar-refractivity contribution in [2.24, 2.45) is 0 Å². The monoisotopic (exact) mass is 291 g/mol. The minimum Gasteiger partial charge on any atom is -0.310 e. The molecule has 22 heavy (non-hydrogen) atoms. The lowest BCUT2D eigenvalue weighted by Gasteiger charge is -2.25. The Balaban J connectivity index is 2.13. The summed E-state index contributed by atoms with van der Waals surface area (Å²) in [5, 5.41) is 0. The molecule has 3 aromatic rings. The Bertz CT molecular complexity index is 715. The second kappa shape index (κ2) is 6.02. The summed E-state index contributed by atoms with van der Waals surface area (Å²) in [6.07, 6.45) is 0. The molecule has 2 heteroatoms. The molecule has 0 aliphatic rings. The number of aryl methyl sites for hydroxylation is 2. The standard InChI is InChI=1S/C20H18FN/c1-15-6-10-18(11-7-15)22(19-12-8-16(2)9-13-19)20-5-3-4-17(21)14-20/h3-14H,1-2H3. The fraction of sp³-hybridized carbons (Fsp3) is 0.100. The van der Waals surface area contributed by atoms with Crippen molar-refractivity contribution in [1.82, 2.24) is 0 Å². The molecule has 0 amide bonds. The van der Waals surface area contributed by atoms with E-state index in [1.807, 2.05) is 6.07 Å². The molecule has 0 N–H and O–H groups in total. The highest BCUT2D eigenvalue weighted by Gasteiger charge is 2.12. The zero-order valence-corrected chi connectivity index (χ0v) is 12.8. The number of hydrogen-bond acceptors (Lipinski definition) is 1. The van der Waals surface area contributed by atoms with Crippen LogP contribution in [-0.2, 0) is 0 Å². The maximum absolute atomic E-state index is 13.7. The second-order valence-corrected chi connectivity index (χ2v) is 5.49. The minimum absolute atomic E-state index is 0.235. The lowest BCUT2D eigenvalue weighted by atomic mass is 10.1. The van der Waals surface area contributed by atoms with Gasteiger partial charge in [-0.15, -0.1) is 0 Å². The Morgan fingerprint density at radius 1 is 0.636 bits per heavy atom. The van der Waals surface area contributed by atoms with Gasteiger partial charge in [-0.3, -0.25) is 0 Å². The van der Waals surface area contributed by atoms with Gasteiger partial charge in [-0.25, -0.2) is 4.39 Å². The van der Waals surface area contributed by atoms with Crippen LogP contribution in [-0.4, -0.2) is 0 Å². The van der Waals surface area contributed by atoms with Gasteiger partial charge in [-0.05, 0) is 56.3 Å². The summed E-state index contributed by atoms with van der Waals surface area (Å²) in [5.74, 6) is -0.235. The maximum Gasteiger partial charge on any atom is 0.125 e. The summed E-state index contributed by atoms with van der Waals surface area (Å²) >= 11 is 0. The number of benzene rings is 3. The quantitative estimate of drug-likeness (QED) is 0.579. The first-order valence-corrected chi connectivity index (χ1v) is 7.32. The van der Waals surface area contributed by atoms with E-state index in [4.69, 9.17) is 0 Å². The highest BCUT2D eigenvalue weighted by molar-refractivity contribution is 5.76. The van der Waals surface area contributed by atoms with Crippen molar-refractivity contribution in [3.05, 3.63) is 89.7 Å². The van der Waals surface area contributed by atoms with E-state index in [9.17, 15) is 4.39 Å². The second-order valence-electron chi connectivity index (χ2n) is 5.49. The first kappa shape index (κ1) is 14.3. The molecular formula is C20H18FN.